The van der Waals surface area contributed by atoms with Gasteiger partial charge in [0.1, 0.15) is 0 Å². The summed E-state index contributed by atoms with van der Waals surface area (Å²) in [7, 11) is -4.02. The Balaban J connectivity index is 3.96. The first kappa shape index (κ1) is 9.81. The maximum absolute atomic E-state index is 10.4. The van der Waals surface area contributed by atoms with Gasteiger partial charge in [-0.25, -0.2) is 4.57 Å². The Labute approximate surface area is 62.5 Å². The highest BCUT2D eigenvalue weighted by atomic mass is 32.2. The number of nitrogens with zero attached hydrogens (tertiary/aromatic N) is 1. The monoisotopic (exact) mass is 189 g/mol. The van der Waals surface area contributed by atoms with E-state index >= 15 is 0 Å². The van der Waals surface area contributed by atoms with Gasteiger partial charge in [0, 0.05) is 0 Å². The Morgan fingerprint density at radius 2 is 1.67 bits per heavy atom. The van der Waals surface area contributed by atoms with Gasteiger partial charge in [-0.3, -0.25) is 0 Å². The summed E-state index contributed by atoms with van der Waals surface area (Å²) in [4.78, 5) is 16.9. The van der Waals surface area contributed by atoms with Gasteiger partial charge < -0.3 is 9.79 Å². The molecule has 7 heteroatoms. The molecule has 0 bridgehead atoms. The minimum atomic E-state index is -4.02. The van der Waals surface area contributed by atoms with Crippen molar-refractivity contribution in [2.24, 2.45) is 0 Å². The second-order valence-electron chi connectivity index (χ2n) is 1.12. The zero-order chi connectivity index (χ0) is 7.49. The van der Waals surface area contributed by atoms with E-state index in [2.05, 4.69) is 0 Å². The van der Waals surface area contributed by atoms with Crippen molar-refractivity contribution in [2.45, 2.75) is 0 Å². The van der Waals surface area contributed by atoms with Crippen LogP contribution >= 0.6 is 31.6 Å². The van der Waals surface area contributed by atoms with Gasteiger partial charge >= 0.3 is 7.75 Å². The Kier molecular flexibility index (Phi) is 4.20. The summed E-state index contributed by atoms with van der Waals surface area (Å²) in [6, 6.07) is 0. The summed E-state index contributed by atoms with van der Waals surface area (Å²) in [5.41, 5.74) is 0. The van der Waals surface area contributed by atoms with E-state index in [-0.39, 0.29) is 0 Å². The maximum Gasteiger partial charge on any atom is 0.422 e. The molecule has 0 aromatic heterocycles. The molecule has 0 spiro atoms. The van der Waals surface area contributed by atoms with E-state index in [9.17, 15) is 4.57 Å². The zero-order valence-corrected chi connectivity index (χ0v) is 7.54. The highest BCUT2D eigenvalue weighted by Gasteiger charge is 2.23. The molecular formula is C2H8NO3PS2. The molecule has 0 aromatic rings. The highest BCUT2D eigenvalue weighted by Crippen LogP contribution is 2.48. The molecule has 0 saturated carbocycles. The molecule has 0 fully saturated rings. The fourth-order valence-corrected chi connectivity index (χ4v) is 2.59. The third-order valence-electron chi connectivity index (χ3n) is 0.525. The van der Waals surface area contributed by atoms with Crippen molar-refractivity contribution >= 4 is 31.6 Å². The summed E-state index contributed by atoms with van der Waals surface area (Å²) < 4.78 is 11.3. The molecule has 0 saturated heterocycles. The van der Waals surface area contributed by atoms with Crippen LogP contribution < -0.4 is 0 Å². The van der Waals surface area contributed by atoms with E-state index in [1.165, 1.54) is 0 Å². The van der Waals surface area contributed by atoms with Crippen LogP contribution in [0.2, 0.25) is 0 Å². The van der Waals surface area contributed by atoms with Crippen molar-refractivity contribution in [1.29, 1.82) is 0 Å². The SMILES string of the molecule is CSN(SC)P(=O)(O)O. The van der Waals surface area contributed by atoms with Crippen LogP contribution in [0.3, 0.4) is 0 Å². The van der Waals surface area contributed by atoms with Crippen LogP contribution in [0.5, 0.6) is 0 Å². The Morgan fingerprint density at radius 1 is 1.33 bits per heavy atom. The van der Waals surface area contributed by atoms with Crippen molar-refractivity contribution < 1.29 is 14.4 Å². The quantitative estimate of drug-likeness (QED) is 0.509. The van der Waals surface area contributed by atoms with E-state index < -0.39 is 7.75 Å². The standard InChI is InChI=1S/C2H8NO3PS2/c1-8-3(9-2)7(4,5)6/h1-2H3,(H2,4,5,6). The normalized spacial score (nSPS) is 12.6. The molecule has 0 atom stereocenters. The molecule has 0 heterocycles. The van der Waals surface area contributed by atoms with Gasteiger partial charge in [-0.2, -0.15) is 0 Å². The molecule has 4 nitrogen and oxygen atoms in total. The van der Waals surface area contributed by atoms with Gasteiger partial charge in [0.05, 0.1) is 0 Å². The zero-order valence-electron chi connectivity index (χ0n) is 5.01. The highest BCUT2D eigenvalue weighted by molar-refractivity contribution is 8.16. The Hall–Kier alpha value is 0.810. The van der Waals surface area contributed by atoms with E-state index in [0.29, 0.717) is 0 Å². The van der Waals surface area contributed by atoms with Gasteiger partial charge in [0.15, 0.2) is 0 Å². The minimum absolute atomic E-state index is 0.938. The van der Waals surface area contributed by atoms with E-state index in [1.807, 2.05) is 0 Å². The molecule has 0 aliphatic rings. The lowest BCUT2D eigenvalue weighted by atomic mass is 12.0. The van der Waals surface area contributed by atoms with Gasteiger partial charge in [0.25, 0.3) is 0 Å². The molecule has 2 N–H and O–H groups in total. The number of hydrogen-bond acceptors (Lipinski definition) is 3. The molecule has 0 aromatic carbocycles. The lowest BCUT2D eigenvalue weighted by Gasteiger charge is -2.15. The smallest absolute Gasteiger partial charge is 0.311 e. The lowest BCUT2D eigenvalue weighted by Crippen LogP contribution is -1.99. The van der Waals surface area contributed by atoms with Gasteiger partial charge in [0.2, 0.25) is 0 Å². The fourth-order valence-electron chi connectivity index (χ4n) is 0.287. The van der Waals surface area contributed by atoms with Crippen molar-refractivity contribution in [3.8, 4) is 0 Å². The predicted octanol–water partition coefficient (Wildman–Crippen LogP) is 0.937. The van der Waals surface area contributed by atoms with E-state index in [1.54, 1.807) is 12.5 Å². The topological polar surface area (TPSA) is 60.8 Å². The third-order valence-corrected chi connectivity index (χ3v) is 4.73. The molecule has 56 valence electrons. The summed E-state index contributed by atoms with van der Waals surface area (Å²) in [5, 5.41) is 0. The van der Waals surface area contributed by atoms with Crippen molar-refractivity contribution in [3.05, 3.63) is 0 Å². The van der Waals surface area contributed by atoms with Crippen LogP contribution in [0.1, 0.15) is 0 Å². The first-order valence-electron chi connectivity index (χ1n) is 1.96. The molecule has 9 heavy (non-hydrogen) atoms. The summed E-state index contributed by atoms with van der Waals surface area (Å²) in [6.45, 7) is 0. The van der Waals surface area contributed by atoms with Crippen LogP contribution in [0.25, 0.3) is 0 Å². The number of rotatable bonds is 3. The van der Waals surface area contributed by atoms with Crippen LogP contribution in [-0.2, 0) is 4.57 Å². The molecule has 0 radical (unpaired) electrons. The second kappa shape index (κ2) is 3.85. The third kappa shape index (κ3) is 3.50. The lowest BCUT2D eigenvalue weighted by molar-refractivity contribution is 0.354. The average Bonchev–Trinajstić information content (AvgIpc) is 1.65. The fraction of sp³-hybridized carbons (Fsp3) is 1.00. The Bertz CT molecular complexity index is 121. The van der Waals surface area contributed by atoms with Crippen LogP contribution in [0.4, 0.5) is 0 Å². The van der Waals surface area contributed by atoms with Crippen molar-refractivity contribution in [1.82, 2.24) is 3.48 Å². The molecule has 0 aliphatic heterocycles. The summed E-state index contributed by atoms with van der Waals surface area (Å²) in [5.74, 6) is 0. The van der Waals surface area contributed by atoms with Crippen LogP contribution in [0, 0.1) is 0 Å². The largest absolute Gasteiger partial charge is 0.422 e. The van der Waals surface area contributed by atoms with Gasteiger partial charge in [-0.1, -0.05) is 27.4 Å². The maximum atomic E-state index is 10.4. The molecule has 0 rings (SSSR count). The molecular weight excluding hydrogens is 181 g/mol. The van der Waals surface area contributed by atoms with Crippen molar-refractivity contribution in [2.75, 3.05) is 12.5 Å². The van der Waals surface area contributed by atoms with Crippen molar-refractivity contribution in [3.63, 3.8) is 0 Å². The second-order valence-corrected chi connectivity index (χ2v) is 4.78. The summed E-state index contributed by atoms with van der Waals surface area (Å²) in [6.07, 6.45) is 3.21. The minimum Gasteiger partial charge on any atom is -0.311 e. The number of hydrogen-bond donors (Lipinski definition) is 2. The van der Waals surface area contributed by atoms with Crippen LogP contribution in [-0.4, -0.2) is 25.8 Å². The average molecular weight is 189 g/mol. The molecule has 0 amide bonds. The molecule has 0 aliphatic carbocycles. The Morgan fingerprint density at radius 3 is 1.67 bits per heavy atom. The first-order valence-corrected chi connectivity index (χ1v) is 5.89. The predicted molar refractivity (Wildman–Crippen MR) is 40.9 cm³/mol. The van der Waals surface area contributed by atoms with Crippen LogP contribution in [0.15, 0.2) is 0 Å². The van der Waals surface area contributed by atoms with Gasteiger partial charge in [-0.15, -0.1) is 0 Å². The first-order chi connectivity index (χ1) is 4.02. The van der Waals surface area contributed by atoms with E-state index in [4.69, 9.17) is 9.79 Å². The summed E-state index contributed by atoms with van der Waals surface area (Å²) >= 11 is 2.02. The van der Waals surface area contributed by atoms with Gasteiger partial charge in [-0.05, 0) is 12.5 Å². The molecule has 0 unspecified atom stereocenters. The van der Waals surface area contributed by atoms with E-state index in [0.717, 1.165) is 27.4 Å².